The zero-order valence-electron chi connectivity index (χ0n) is 20.1. The lowest BCUT2D eigenvalue weighted by Crippen LogP contribution is -2.30. The molecule has 5 rings (SSSR count). The van der Waals surface area contributed by atoms with Crippen LogP contribution < -0.4 is 5.01 Å². The third-order valence-electron chi connectivity index (χ3n) is 6.31. The summed E-state index contributed by atoms with van der Waals surface area (Å²) in [7, 11) is -3.75. The Morgan fingerprint density at radius 2 is 1.33 bits per heavy atom. The Bertz CT molecular complexity index is 1380. The smallest absolute Gasteiger partial charge is 0.238 e. The van der Waals surface area contributed by atoms with E-state index < -0.39 is 10.0 Å². The second-order valence-electron chi connectivity index (χ2n) is 8.92. The Labute approximate surface area is 212 Å². The molecule has 0 amide bonds. The van der Waals surface area contributed by atoms with Crippen molar-refractivity contribution >= 4 is 15.7 Å². The first kappa shape index (κ1) is 23.9. The summed E-state index contributed by atoms with van der Waals surface area (Å²) in [6.07, 6.45) is 0. The van der Waals surface area contributed by atoms with Gasteiger partial charge in [-0.15, -0.1) is 0 Å². The van der Waals surface area contributed by atoms with Gasteiger partial charge in [0.15, 0.2) is 0 Å². The first-order valence-electron chi connectivity index (χ1n) is 11.9. The van der Waals surface area contributed by atoms with E-state index in [1.807, 2.05) is 77.8 Å². The fraction of sp³-hybridized carbons (Fsp3) is 0.172. The van der Waals surface area contributed by atoms with Crippen LogP contribution in [0, 0.1) is 6.92 Å². The average molecular weight is 497 g/mol. The summed E-state index contributed by atoms with van der Waals surface area (Å²) in [5.74, 6) is 0. The molecule has 7 heteroatoms. The minimum absolute atomic E-state index is 0.0132. The maximum atomic E-state index is 13.8. The van der Waals surface area contributed by atoms with Crippen LogP contribution in [0.1, 0.15) is 28.3 Å². The highest BCUT2D eigenvalue weighted by atomic mass is 32.2. The first-order valence-corrected chi connectivity index (χ1v) is 13.4. The van der Waals surface area contributed by atoms with Crippen molar-refractivity contribution in [1.29, 1.82) is 0 Å². The second kappa shape index (κ2) is 10.4. The lowest BCUT2D eigenvalue weighted by molar-refractivity contribution is 0.401. The van der Waals surface area contributed by atoms with Crippen LogP contribution in [0.2, 0.25) is 0 Å². The lowest BCUT2D eigenvalue weighted by Gasteiger charge is -2.24. The van der Waals surface area contributed by atoms with Crippen LogP contribution in [0.5, 0.6) is 0 Å². The van der Waals surface area contributed by atoms with Crippen molar-refractivity contribution in [2.24, 2.45) is 10.3 Å². The number of hydrogen-bond acceptors (Lipinski definition) is 5. The summed E-state index contributed by atoms with van der Waals surface area (Å²) in [6.45, 7) is 3.19. The number of benzene rings is 4. The summed E-state index contributed by atoms with van der Waals surface area (Å²) in [5.41, 5.74) is 5.00. The van der Waals surface area contributed by atoms with E-state index >= 15 is 0 Å². The third kappa shape index (κ3) is 5.22. The largest absolute Gasteiger partial charge is 0.243 e. The molecular formula is C29H28N4O2S. The maximum absolute atomic E-state index is 13.8. The highest BCUT2D eigenvalue weighted by Crippen LogP contribution is 2.33. The minimum atomic E-state index is -3.75. The van der Waals surface area contributed by atoms with Crippen LogP contribution in [-0.4, -0.2) is 19.3 Å². The number of hydrogen-bond donors (Lipinski definition) is 0. The monoisotopic (exact) mass is 496 g/mol. The van der Waals surface area contributed by atoms with Crippen molar-refractivity contribution in [3.63, 3.8) is 0 Å². The standard InChI is InChI=1S/C29H28N4O2S/c1-23-12-14-26(15-13-23)29-20-30-31-33(29)27-16-18-28(19-17-27)36(34,35)32(21-24-8-4-2-5-9-24)22-25-10-6-3-7-11-25/h2-19,29H,20-22H2,1H3. The molecule has 0 spiro atoms. The molecule has 182 valence electrons. The van der Waals surface area contributed by atoms with Crippen molar-refractivity contribution in [2.45, 2.75) is 31.0 Å². The Balaban J connectivity index is 1.41. The highest BCUT2D eigenvalue weighted by Gasteiger charge is 2.28. The molecule has 1 aliphatic heterocycles. The molecule has 0 saturated carbocycles. The van der Waals surface area contributed by atoms with Crippen LogP contribution in [0.25, 0.3) is 0 Å². The van der Waals surface area contributed by atoms with Gasteiger partial charge in [-0.1, -0.05) is 95.7 Å². The van der Waals surface area contributed by atoms with Crippen LogP contribution >= 0.6 is 0 Å². The van der Waals surface area contributed by atoms with Gasteiger partial charge in [0.2, 0.25) is 10.0 Å². The third-order valence-corrected chi connectivity index (χ3v) is 8.12. The molecule has 1 atom stereocenters. The predicted octanol–water partition coefficient (Wildman–Crippen LogP) is 6.31. The van der Waals surface area contributed by atoms with Gasteiger partial charge >= 0.3 is 0 Å². The van der Waals surface area contributed by atoms with E-state index in [0.717, 1.165) is 22.4 Å². The van der Waals surface area contributed by atoms with E-state index in [1.54, 1.807) is 12.1 Å². The van der Waals surface area contributed by atoms with Crippen molar-refractivity contribution in [1.82, 2.24) is 4.31 Å². The zero-order valence-corrected chi connectivity index (χ0v) is 20.9. The molecule has 0 N–H and O–H groups in total. The lowest BCUT2D eigenvalue weighted by atomic mass is 10.0. The normalized spacial score (nSPS) is 15.5. The number of sulfonamides is 1. The average Bonchev–Trinajstić information content (AvgIpc) is 3.40. The zero-order chi connectivity index (χ0) is 25.0. The summed E-state index contributed by atoms with van der Waals surface area (Å²) in [6, 6.07) is 34.6. The van der Waals surface area contributed by atoms with Gasteiger partial charge in [-0.2, -0.15) is 9.42 Å². The minimum Gasteiger partial charge on any atom is -0.238 e. The van der Waals surface area contributed by atoms with Gasteiger partial charge in [0, 0.05) is 13.1 Å². The van der Waals surface area contributed by atoms with Crippen molar-refractivity contribution < 1.29 is 8.42 Å². The SMILES string of the molecule is Cc1ccc(C2CN=NN2c2ccc(S(=O)(=O)N(Cc3ccccc3)Cc3ccccc3)cc2)cc1. The van der Waals surface area contributed by atoms with Gasteiger partial charge in [-0.3, -0.25) is 0 Å². The topological polar surface area (TPSA) is 65.3 Å². The molecule has 1 heterocycles. The van der Waals surface area contributed by atoms with Gasteiger partial charge in [-0.25, -0.2) is 13.4 Å². The van der Waals surface area contributed by atoms with E-state index in [2.05, 4.69) is 41.5 Å². The maximum Gasteiger partial charge on any atom is 0.243 e. The Hall–Kier alpha value is -3.81. The van der Waals surface area contributed by atoms with E-state index in [9.17, 15) is 8.42 Å². The van der Waals surface area contributed by atoms with Crippen molar-refractivity contribution in [3.8, 4) is 0 Å². The van der Waals surface area contributed by atoms with E-state index in [0.29, 0.717) is 6.54 Å². The molecule has 36 heavy (non-hydrogen) atoms. The second-order valence-corrected chi connectivity index (χ2v) is 10.9. The van der Waals surface area contributed by atoms with Gasteiger partial charge in [0.05, 0.1) is 17.1 Å². The molecule has 0 fully saturated rings. The summed E-state index contributed by atoms with van der Waals surface area (Å²) in [4.78, 5) is 0.251. The highest BCUT2D eigenvalue weighted by molar-refractivity contribution is 7.89. The van der Waals surface area contributed by atoms with E-state index in [1.165, 1.54) is 9.87 Å². The number of anilines is 1. The van der Waals surface area contributed by atoms with Gasteiger partial charge in [0.25, 0.3) is 0 Å². The van der Waals surface area contributed by atoms with Crippen LogP contribution in [0.4, 0.5) is 5.69 Å². The molecule has 1 aliphatic rings. The molecule has 4 aromatic rings. The van der Waals surface area contributed by atoms with Crippen LogP contribution in [0.15, 0.2) is 124 Å². The van der Waals surface area contributed by atoms with E-state index in [-0.39, 0.29) is 24.0 Å². The van der Waals surface area contributed by atoms with Gasteiger partial charge in [-0.05, 0) is 47.9 Å². The van der Waals surface area contributed by atoms with E-state index in [4.69, 9.17) is 0 Å². The molecule has 0 aliphatic carbocycles. The van der Waals surface area contributed by atoms with Crippen molar-refractivity contribution in [2.75, 3.05) is 11.6 Å². The first-order chi connectivity index (χ1) is 17.5. The van der Waals surface area contributed by atoms with Gasteiger partial charge < -0.3 is 0 Å². The molecule has 1 unspecified atom stereocenters. The Morgan fingerprint density at radius 3 is 1.89 bits per heavy atom. The Morgan fingerprint density at radius 1 is 0.778 bits per heavy atom. The predicted molar refractivity (Wildman–Crippen MR) is 142 cm³/mol. The quantitative estimate of drug-likeness (QED) is 0.287. The summed E-state index contributed by atoms with van der Waals surface area (Å²) < 4.78 is 29.0. The summed E-state index contributed by atoms with van der Waals surface area (Å²) in [5, 5.41) is 10.4. The number of nitrogens with zero attached hydrogens (tertiary/aromatic N) is 4. The molecule has 0 bridgehead atoms. The van der Waals surface area contributed by atoms with Crippen LogP contribution in [-0.2, 0) is 23.1 Å². The van der Waals surface area contributed by atoms with Gasteiger partial charge in [0.1, 0.15) is 6.04 Å². The molecule has 6 nitrogen and oxygen atoms in total. The molecule has 0 saturated heterocycles. The molecular weight excluding hydrogens is 468 g/mol. The molecule has 0 radical (unpaired) electrons. The fourth-order valence-corrected chi connectivity index (χ4v) is 5.72. The Kier molecular flexibility index (Phi) is 6.93. The molecule has 0 aromatic heterocycles. The molecule has 4 aromatic carbocycles. The summed E-state index contributed by atoms with van der Waals surface area (Å²) >= 11 is 0. The van der Waals surface area contributed by atoms with Crippen molar-refractivity contribution in [3.05, 3.63) is 131 Å². The fourth-order valence-electron chi connectivity index (χ4n) is 4.31. The van der Waals surface area contributed by atoms with Crippen LogP contribution in [0.3, 0.4) is 0 Å². The number of aryl methyl sites for hydroxylation is 1. The number of rotatable bonds is 8.